The van der Waals surface area contributed by atoms with Crippen LogP contribution in [0.3, 0.4) is 0 Å². The van der Waals surface area contributed by atoms with E-state index in [0.717, 1.165) is 37.4 Å². The van der Waals surface area contributed by atoms with Crippen LogP contribution in [0.2, 0.25) is 0 Å². The smallest absolute Gasteiger partial charge is 0.222 e. The van der Waals surface area contributed by atoms with Crippen LogP contribution in [0.15, 0.2) is 0 Å². The lowest BCUT2D eigenvalue weighted by atomic mass is 9.98. The Morgan fingerprint density at radius 3 is 2.91 bits per heavy atom. The quantitative estimate of drug-likeness (QED) is 0.871. The van der Waals surface area contributed by atoms with Crippen LogP contribution < -0.4 is 10.6 Å². The maximum atomic E-state index is 6.08. The number of thiophene rings is 1. The third-order valence-corrected chi connectivity index (χ3v) is 6.96. The van der Waals surface area contributed by atoms with Gasteiger partial charge >= 0.3 is 0 Å². The van der Waals surface area contributed by atoms with Gasteiger partial charge in [-0.15, -0.1) is 11.3 Å². The van der Waals surface area contributed by atoms with Crippen LogP contribution in [0.25, 0.3) is 10.2 Å². The average Bonchev–Trinajstić information content (AvgIpc) is 3.17. The molecule has 0 radical (unpaired) electrons. The van der Waals surface area contributed by atoms with Crippen LogP contribution in [0.4, 0.5) is 11.8 Å². The molecule has 4 heterocycles. The van der Waals surface area contributed by atoms with Crippen molar-refractivity contribution in [3.8, 4) is 0 Å². The predicted molar refractivity (Wildman–Crippen MR) is 95.3 cm³/mol. The Balaban J connectivity index is 1.59. The third-order valence-electron chi connectivity index (χ3n) is 5.68. The minimum atomic E-state index is 0.438. The van der Waals surface area contributed by atoms with E-state index in [0.29, 0.717) is 12.0 Å². The molecule has 2 fully saturated rings. The van der Waals surface area contributed by atoms with Gasteiger partial charge in [0.25, 0.3) is 0 Å². The standard InChI is InChI=1S/C17H23N5S/c18-17-19-14-12-5-1-2-6-13(12)23-15(14)16(20-17)22-9-8-21-7-3-4-11(21)10-22/h11H,1-10H2,(H2,18,19,20). The van der Waals surface area contributed by atoms with Crippen molar-refractivity contribution in [3.63, 3.8) is 0 Å². The van der Waals surface area contributed by atoms with Crippen molar-refractivity contribution in [2.24, 2.45) is 0 Å². The zero-order chi connectivity index (χ0) is 15.4. The van der Waals surface area contributed by atoms with Gasteiger partial charge in [0.2, 0.25) is 5.95 Å². The SMILES string of the molecule is Nc1nc(N2CCN3CCCC3C2)c2sc3c(c2n1)CCCC3. The summed E-state index contributed by atoms with van der Waals surface area (Å²) in [5.41, 5.74) is 8.67. The topological polar surface area (TPSA) is 58.3 Å². The van der Waals surface area contributed by atoms with Crippen LogP contribution >= 0.6 is 11.3 Å². The van der Waals surface area contributed by atoms with Crippen molar-refractivity contribution >= 4 is 33.3 Å². The van der Waals surface area contributed by atoms with Gasteiger partial charge in [0.15, 0.2) is 5.82 Å². The van der Waals surface area contributed by atoms with Crippen LogP contribution in [0.1, 0.15) is 36.1 Å². The van der Waals surface area contributed by atoms with E-state index in [1.807, 2.05) is 11.3 Å². The molecule has 2 N–H and O–H groups in total. The second-order valence-electron chi connectivity index (χ2n) is 7.07. The highest BCUT2D eigenvalue weighted by atomic mass is 32.1. The minimum absolute atomic E-state index is 0.438. The molecule has 2 saturated heterocycles. The zero-order valence-corrected chi connectivity index (χ0v) is 14.2. The Kier molecular flexibility index (Phi) is 3.23. The van der Waals surface area contributed by atoms with Gasteiger partial charge in [0.05, 0.1) is 10.2 Å². The summed E-state index contributed by atoms with van der Waals surface area (Å²) in [6, 6.07) is 0.699. The van der Waals surface area contributed by atoms with E-state index >= 15 is 0 Å². The molecule has 0 spiro atoms. The van der Waals surface area contributed by atoms with E-state index in [1.165, 1.54) is 53.8 Å². The Bertz CT molecular complexity index is 755. The predicted octanol–water partition coefficient (Wildman–Crippen LogP) is 2.44. The molecule has 3 aliphatic rings. The highest BCUT2D eigenvalue weighted by Crippen LogP contribution is 2.40. The molecule has 0 amide bonds. The van der Waals surface area contributed by atoms with E-state index in [2.05, 4.69) is 19.8 Å². The van der Waals surface area contributed by atoms with E-state index in [4.69, 9.17) is 5.73 Å². The molecule has 2 aromatic heterocycles. The molecule has 5 rings (SSSR count). The van der Waals surface area contributed by atoms with Crippen LogP contribution in [0, 0.1) is 0 Å². The van der Waals surface area contributed by atoms with Crippen LogP contribution in [0.5, 0.6) is 0 Å². The van der Waals surface area contributed by atoms with E-state index in [9.17, 15) is 0 Å². The summed E-state index contributed by atoms with van der Waals surface area (Å²) in [7, 11) is 0. The molecule has 5 nitrogen and oxygen atoms in total. The molecule has 1 unspecified atom stereocenters. The molecular weight excluding hydrogens is 306 g/mol. The summed E-state index contributed by atoms with van der Waals surface area (Å²) in [4.78, 5) is 15.9. The first-order valence-corrected chi connectivity index (χ1v) is 9.68. The van der Waals surface area contributed by atoms with Gasteiger partial charge in [-0.25, -0.2) is 4.98 Å². The maximum Gasteiger partial charge on any atom is 0.222 e. The van der Waals surface area contributed by atoms with Crippen LogP contribution in [-0.2, 0) is 12.8 Å². The number of fused-ring (bicyclic) bond motifs is 4. The second-order valence-corrected chi connectivity index (χ2v) is 8.18. The molecule has 0 bridgehead atoms. The number of hydrogen-bond donors (Lipinski definition) is 1. The molecular formula is C17H23N5S. The fourth-order valence-corrected chi connectivity index (χ4v) is 5.86. The summed E-state index contributed by atoms with van der Waals surface area (Å²) >= 11 is 1.92. The minimum Gasteiger partial charge on any atom is -0.368 e. The highest BCUT2D eigenvalue weighted by molar-refractivity contribution is 7.19. The van der Waals surface area contributed by atoms with Crippen molar-refractivity contribution in [2.45, 2.75) is 44.6 Å². The summed E-state index contributed by atoms with van der Waals surface area (Å²) in [6.07, 6.45) is 7.60. The molecule has 2 aliphatic heterocycles. The van der Waals surface area contributed by atoms with Crippen molar-refractivity contribution in [1.82, 2.24) is 14.9 Å². The molecule has 122 valence electrons. The van der Waals surface area contributed by atoms with Gasteiger partial charge in [-0.3, -0.25) is 4.90 Å². The fraction of sp³-hybridized carbons (Fsp3) is 0.647. The van der Waals surface area contributed by atoms with Gasteiger partial charge in [0, 0.05) is 30.6 Å². The van der Waals surface area contributed by atoms with Crippen molar-refractivity contribution in [2.75, 3.05) is 36.8 Å². The lowest BCUT2D eigenvalue weighted by Crippen LogP contribution is -2.50. The highest BCUT2D eigenvalue weighted by Gasteiger charge is 2.32. The summed E-state index contributed by atoms with van der Waals surface area (Å²) in [5, 5.41) is 0. The van der Waals surface area contributed by atoms with E-state index in [1.54, 1.807) is 0 Å². The molecule has 1 aliphatic carbocycles. The summed E-state index contributed by atoms with van der Waals surface area (Å²) < 4.78 is 1.28. The van der Waals surface area contributed by atoms with Crippen molar-refractivity contribution in [3.05, 3.63) is 10.4 Å². The Morgan fingerprint density at radius 1 is 1.04 bits per heavy atom. The summed E-state index contributed by atoms with van der Waals surface area (Å²) in [6.45, 7) is 4.58. The maximum absolute atomic E-state index is 6.08. The first-order valence-electron chi connectivity index (χ1n) is 8.86. The number of nitrogen functional groups attached to an aromatic ring is 1. The molecule has 1 atom stereocenters. The van der Waals surface area contributed by atoms with Gasteiger partial charge in [-0.1, -0.05) is 0 Å². The Morgan fingerprint density at radius 2 is 1.96 bits per heavy atom. The number of nitrogens with zero attached hydrogens (tertiary/aromatic N) is 4. The number of hydrogen-bond acceptors (Lipinski definition) is 6. The molecule has 23 heavy (non-hydrogen) atoms. The monoisotopic (exact) mass is 329 g/mol. The van der Waals surface area contributed by atoms with Gasteiger partial charge in [0.1, 0.15) is 0 Å². The fourth-order valence-electron chi connectivity index (χ4n) is 4.52. The van der Waals surface area contributed by atoms with Gasteiger partial charge in [-0.05, 0) is 50.6 Å². The number of rotatable bonds is 1. The molecule has 6 heteroatoms. The lowest BCUT2D eigenvalue weighted by Gasteiger charge is -2.38. The van der Waals surface area contributed by atoms with Gasteiger partial charge in [-0.2, -0.15) is 4.98 Å². The third kappa shape index (κ3) is 2.22. The summed E-state index contributed by atoms with van der Waals surface area (Å²) in [5.74, 6) is 1.53. The number of aromatic nitrogens is 2. The molecule has 0 saturated carbocycles. The lowest BCUT2D eigenvalue weighted by molar-refractivity contribution is 0.230. The first kappa shape index (κ1) is 14.0. The van der Waals surface area contributed by atoms with Gasteiger partial charge < -0.3 is 10.6 Å². The Hall–Kier alpha value is -1.40. The normalized spacial score (nSPS) is 24.9. The van der Waals surface area contributed by atoms with Crippen molar-refractivity contribution < 1.29 is 0 Å². The van der Waals surface area contributed by atoms with Crippen molar-refractivity contribution in [1.29, 1.82) is 0 Å². The van der Waals surface area contributed by atoms with E-state index < -0.39 is 0 Å². The second kappa shape index (κ2) is 5.31. The number of anilines is 2. The largest absolute Gasteiger partial charge is 0.368 e. The molecule has 2 aromatic rings. The number of nitrogens with two attached hydrogens (primary N) is 1. The number of aryl methyl sites for hydroxylation is 2. The Labute approximate surface area is 140 Å². The van der Waals surface area contributed by atoms with E-state index in [-0.39, 0.29) is 0 Å². The molecule has 0 aromatic carbocycles. The average molecular weight is 329 g/mol. The van der Waals surface area contributed by atoms with Crippen LogP contribution in [-0.4, -0.2) is 47.1 Å². The number of piperazine rings is 1. The zero-order valence-electron chi connectivity index (χ0n) is 13.4. The first-order chi connectivity index (χ1) is 11.3.